The maximum absolute atomic E-state index is 12.3. The number of hydrogen-bond donors (Lipinski definition) is 1. The fourth-order valence-corrected chi connectivity index (χ4v) is 2.42. The van der Waals surface area contributed by atoms with Gasteiger partial charge in [-0.3, -0.25) is 4.79 Å². The highest BCUT2D eigenvalue weighted by molar-refractivity contribution is 5.94. The predicted octanol–water partition coefficient (Wildman–Crippen LogP) is 1.90. The molecule has 0 saturated heterocycles. The minimum atomic E-state index is -0.159. The van der Waals surface area contributed by atoms with E-state index in [1.807, 2.05) is 31.3 Å². The average Bonchev–Trinajstić information content (AvgIpc) is 3.26. The summed E-state index contributed by atoms with van der Waals surface area (Å²) in [5, 5.41) is 18.8. The first-order chi connectivity index (χ1) is 12.2. The van der Waals surface area contributed by atoms with Crippen molar-refractivity contribution in [2.24, 2.45) is 0 Å². The second kappa shape index (κ2) is 7.69. The maximum Gasteiger partial charge on any atom is 0.251 e. The first-order valence-corrected chi connectivity index (χ1v) is 8.33. The van der Waals surface area contributed by atoms with Crippen molar-refractivity contribution in [1.29, 1.82) is 0 Å². The number of hydrogen-bond acceptors (Lipinski definition) is 5. The van der Waals surface area contributed by atoms with Crippen molar-refractivity contribution in [3.63, 3.8) is 0 Å². The Bertz CT molecular complexity index is 835. The Labute approximate surface area is 145 Å². The van der Waals surface area contributed by atoms with Gasteiger partial charge in [-0.15, -0.1) is 5.10 Å². The molecule has 0 bridgehead atoms. The van der Waals surface area contributed by atoms with Crippen LogP contribution < -0.4 is 5.32 Å². The van der Waals surface area contributed by atoms with E-state index < -0.39 is 0 Å². The van der Waals surface area contributed by atoms with Gasteiger partial charge in [-0.1, -0.05) is 13.3 Å². The van der Waals surface area contributed by atoms with E-state index in [1.165, 1.54) is 0 Å². The molecule has 3 rings (SSSR count). The Hall–Kier alpha value is -3.03. The minimum Gasteiger partial charge on any atom is -0.345 e. The number of amides is 1. The number of benzene rings is 1. The quantitative estimate of drug-likeness (QED) is 0.710. The molecule has 25 heavy (non-hydrogen) atoms. The largest absolute Gasteiger partial charge is 0.345 e. The van der Waals surface area contributed by atoms with Crippen LogP contribution in [0.1, 0.15) is 41.6 Å². The Balaban J connectivity index is 1.61. The summed E-state index contributed by atoms with van der Waals surface area (Å²) in [6.45, 7) is 5.11. The number of carbonyl (C=O) groups excluding carboxylic acids is 1. The number of tetrazole rings is 1. The number of carbonyl (C=O) groups is 1. The van der Waals surface area contributed by atoms with Gasteiger partial charge in [0.2, 0.25) is 0 Å². The molecule has 0 saturated carbocycles. The first-order valence-electron chi connectivity index (χ1n) is 8.33. The monoisotopic (exact) mass is 339 g/mol. The third-order valence-electron chi connectivity index (χ3n) is 3.85. The molecule has 0 unspecified atom stereocenters. The zero-order chi connectivity index (χ0) is 17.6. The van der Waals surface area contributed by atoms with Gasteiger partial charge in [-0.05, 0) is 54.1 Å². The molecule has 0 spiro atoms. The van der Waals surface area contributed by atoms with E-state index in [0.29, 0.717) is 17.9 Å². The minimum absolute atomic E-state index is 0.159. The molecule has 8 nitrogen and oxygen atoms in total. The van der Waals surface area contributed by atoms with Crippen LogP contribution in [-0.4, -0.2) is 35.9 Å². The molecule has 1 amide bonds. The van der Waals surface area contributed by atoms with Gasteiger partial charge in [0.15, 0.2) is 5.82 Å². The Morgan fingerprint density at radius 3 is 2.68 bits per heavy atom. The summed E-state index contributed by atoms with van der Waals surface area (Å²) in [6.07, 6.45) is 3.95. The number of aryl methyl sites for hydroxylation is 2. The Kier molecular flexibility index (Phi) is 5.17. The highest BCUT2D eigenvalue weighted by Gasteiger charge is 2.10. The lowest BCUT2D eigenvalue weighted by atomic mass is 10.2. The summed E-state index contributed by atoms with van der Waals surface area (Å²) < 4.78 is 3.51. The fraction of sp³-hybridized carbons (Fsp3) is 0.353. The number of aromatic nitrogens is 6. The van der Waals surface area contributed by atoms with Gasteiger partial charge in [0.05, 0.1) is 17.9 Å². The molecule has 0 radical (unpaired) electrons. The van der Waals surface area contributed by atoms with E-state index in [2.05, 4.69) is 32.9 Å². The van der Waals surface area contributed by atoms with Gasteiger partial charge in [-0.2, -0.15) is 5.10 Å². The number of unbranched alkanes of at least 4 members (excludes halogenated alkanes) is 1. The van der Waals surface area contributed by atoms with Crippen LogP contribution in [0.5, 0.6) is 0 Å². The fourth-order valence-electron chi connectivity index (χ4n) is 2.42. The number of nitrogens with one attached hydrogen (secondary N) is 1. The lowest BCUT2D eigenvalue weighted by Crippen LogP contribution is -2.25. The van der Waals surface area contributed by atoms with Crippen molar-refractivity contribution >= 4 is 5.91 Å². The van der Waals surface area contributed by atoms with Crippen LogP contribution in [-0.2, 0) is 13.1 Å². The summed E-state index contributed by atoms with van der Waals surface area (Å²) in [4.78, 5) is 12.3. The molecule has 2 aromatic heterocycles. The van der Waals surface area contributed by atoms with Gasteiger partial charge in [-0.25, -0.2) is 9.36 Å². The molecular formula is C17H21N7O. The van der Waals surface area contributed by atoms with E-state index >= 15 is 0 Å². The number of nitrogens with zero attached hydrogens (tertiary/aromatic N) is 6. The van der Waals surface area contributed by atoms with E-state index in [9.17, 15) is 4.79 Å². The smallest absolute Gasteiger partial charge is 0.251 e. The van der Waals surface area contributed by atoms with Crippen molar-refractivity contribution in [2.45, 2.75) is 39.8 Å². The maximum atomic E-state index is 12.3. The van der Waals surface area contributed by atoms with Crippen molar-refractivity contribution in [2.75, 3.05) is 0 Å². The van der Waals surface area contributed by atoms with Crippen molar-refractivity contribution in [3.05, 3.63) is 53.6 Å². The standard InChI is InChI=1S/C17H21N7O/c1-3-4-10-24-16(19-21-22-24)12-18-17(25)14-5-7-15(8-6-14)23-11-9-13(2)20-23/h5-9,11H,3-4,10,12H2,1-2H3,(H,18,25). The van der Waals surface area contributed by atoms with Crippen LogP contribution in [0, 0.1) is 6.92 Å². The molecule has 1 aromatic carbocycles. The second-order valence-corrected chi connectivity index (χ2v) is 5.80. The summed E-state index contributed by atoms with van der Waals surface area (Å²) >= 11 is 0. The zero-order valence-corrected chi connectivity index (χ0v) is 14.4. The predicted molar refractivity (Wildman–Crippen MR) is 92.2 cm³/mol. The third-order valence-corrected chi connectivity index (χ3v) is 3.85. The summed E-state index contributed by atoms with van der Waals surface area (Å²) in [5.74, 6) is 0.499. The van der Waals surface area contributed by atoms with Gasteiger partial charge in [0, 0.05) is 18.3 Å². The molecule has 0 aliphatic carbocycles. The highest BCUT2D eigenvalue weighted by atomic mass is 16.1. The van der Waals surface area contributed by atoms with Crippen LogP contribution in [0.25, 0.3) is 5.69 Å². The van der Waals surface area contributed by atoms with Crippen LogP contribution >= 0.6 is 0 Å². The third kappa shape index (κ3) is 4.09. The molecule has 0 fully saturated rings. The van der Waals surface area contributed by atoms with Gasteiger partial charge in [0.1, 0.15) is 0 Å². The lowest BCUT2D eigenvalue weighted by Gasteiger charge is -2.07. The van der Waals surface area contributed by atoms with E-state index in [0.717, 1.165) is 30.8 Å². The highest BCUT2D eigenvalue weighted by Crippen LogP contribution is 2.10. The SMILES string of the molecule is CCCCn1nnnc1CNC(=O)c1ccc(-n2ccc(C)n2)cc1. The molecular weight excluding hydrogens is 318 g/mol. The molecule has 130 valence electrons. The van der Waals surface area contributed by atoms with Crippen molar-refractivity contribution in [1.82, 2.24) is 35.3 Å². The molecule has 1 N–H and O–H groups in total. The lowest BCUT2D eigenvalue weighted by molar-refractivity contribution is 0.0949. The van der Waals surface area contributed by atoms with Crippen molar-refractivity contribution < 1.29 is 4.79 Å². The Morgan fingerprint density at radius 1 is 1.20 bits per heavy atom. The summed E-state index contributed by atoms with van der Waals surface area (Å²) in [5.41, 5.74) is 2.44. The van der Waals surface area contributed by atoms with E-state index in [4.69, 9.17) is 0 Å². The molecule has 2 heterocycles. The van der Waals surface area contributed by atoms with Crippen molar-refractivity contribution in [3.8, 4) is 5.69 Å². The summed E-state index contributed by atoms with van der Waals surface area (Å²) in [6, 6.07) is 9.23. The van der Waals surface area contributed by atoms with Gasteiger partial charge < -0.3 is 5.32 Å². The topological polar surface area (TPSA) is 90.5 Å². The molecule has 3 aromatic rings. The molecule has 0 atom stereocenters. The van der Waals surface area contributed by atoms with Gasteiger partial charge in [0.25, 0.3) is 5.91 Å². The van der Waals surface area contributed by atoms with Gasteiger partial charge >= 0.3 is 0 Å². The number of rotatable bonds is 7. The van der Waals surface area contributed by atoms with Crippen LogP contribution in [0.4, 0.5) is 0 Å². The molecule has 8 heteroatoms. The second-order valence-electron chi connectivity index (χ2n) is 5.80. The zero-order valence-electron chi connectivity index (χ0n) is 14.4. The van der Waals surface area contributed by atoms with E-state index in [-0.39, 0.29) is 5.91 Å². The first kappa shape index (κ1) is 16.8. The van der Waals surface area contributed by atoms with E-state index in [1.54, 1.807) is 21.5 Å². The molecule has 0 aliphatic heterocycles. The molecule has 0 aliphatic rings. The van der Waals surface area contributed by atoms with Crippen LogP contribution in [0.3, 0.4) is 0 Å². The normalized spacial score (nSPS) is 10.8. The summed E-state index contributed by atoms with van der Waals surface area (Å²) in [7, 11) is 0. The Morgan fingerprint density at radius 2 is 2.00 bits per heavy atom. The van der Waals surface area contributed by atoms with Crippen LogP contribution in [0.2, 0.25) is 0 Å². The van der Waals surface area contributed by atoms with Crippen LogP contribution in [0.15, 0.2) is 36.5 Å². The average molecular weight is 339 g/mol.